The number of hydrogen-bond acceptors (Lipinski definition) is 11. The molecule has 2 amide bonds. The predicted molar refractivity (Wildman–Crippen MR) is 139 cm³/mol. The molecule has 0 aliphatic heterocycles. The van der Waals surface area contributed by atoms with Gasteiger partial charge in [-0.15, -0.1) is 23.5 Å². The van der Waals surface area contributed by atoms with E-state index in [1.807, 2.05) is 0 Å². The normalized spacial score (nSPS) is 13.9. The number of aromatic nitrogens is 4. The maximum atomic E-state index is 13.2. The van der Waals surface area contributed by atoms with Gasteiger partial charge in [0.25, 0.3) is 0 Å². The molecule has 0 bridgehead atoms. The molecule has 38 heavy (non-hydrogen) atoms. The van der Waals surface area contributed by atoms with E-state index in [4.69, 9.17) is 0 Å². The predicted octanol–water partition coefficient (Wildman–Crippen LogP) is 1.04. The van der Waals surface area contributed by atoms with E-state index in [0.29, 0.717) is 11.4 Å². The van der Waals surface area contributed by atoms with Crippen LogP contribution in [0.4, 0.5) is 0 Å². The van der Waals surface area contributed by atoms with Gasteiger partial charge < -0.3 is 20.8 Å². The molecule has 0 saturated carbocycles. The summed E-state index contributed by atoms with van der Waals surface area (Å²) in [5.41, 5.74) is 0.941. The number of rotatable bonds is 16. The number of nitrogens with one attached hydrogen (secondary N) is 2. The smallest absolute Gasteiger partial charge is 0.327 e. The highest BCUT2D eigenvalue weighted by Crippen LogP contribution is 2.36. The Hall–Kier alpha value is -3.59. The molecule has 2 heterocycles. The second kappa shape index (κ2) is 15.6. The Morgan fingerprint density at radius 2 is 1.13 bits per heavy atom. The van der Waals surface area contributed by atoms with Crippen molar-refractivity contribution >= 4 is 53.1 Å². The number of thioether (sulfide) groups is 2. The first-order valence-electron chi connectivity index (χ1n) is 11.3. The molecule has 204 valence electrons. The number of aliphatic carboxylic acids is 2. The maximum Gasteiger partial charge on any atom is 0.327 e. The van der Waals surface area contributed by atoms with E-state index < -0.39 is 46.3 Å². The number of ketones is 1. The molecule has 0 radical (unpaired) electrons. The molecule has 2 unspecified atom stereocenters. The van der Waals surface area contributed by atoms with Gasteiger partial charge in [0.1, 0.15) is 17.9 Å². The van der Waals surface area contributed by atoms with Gasteiger partial charge in [-0.05, 0) is 0 Å². The third-order valence-electron chi connectivity index (χ3n) is 4.93. The Bertz CT molecular complexity index is 1020. The lowest BCUT2D eigenvalue weighted by atomic mass is 10.1. The van der Waals surface area contributed by atoms with E-state index in [2.05, 4.69) is 30.6 Å². The molecular formula is C23H28N6O7S2. The SMILES string of the molecule is CC(=O)N[C@@H](CSC(CC(=O)CC(SC[C@H](NC(C)=O)C(=O)O)c1cnccn1)c1cnccn1)C(=O)O. The van der Waals surface area contributed by atoms with Crippen LogP contribution in [0, 0.1) is 0 Å². The lowest BCUT2D eigenvalue weighted by Crippen LogP contribution is -2.41. The Morgan fingerprint density at radius 1 is 0.737 bits per heavy atom. The molecule has 4 atom stereocenters. The summed E-state index contributed by atoms with van der Waals surface area (Å²) in [4.78, 5) is 75.7. The second-order valence-corrected chi connectivity index (χ2v) is 10.5. The van der Waals surface area contributed by atoms with Gasteiger partial charge >= 0.3 is 11.9 Å². The van der Waals surface area contributed by atoms with Crippen LogP contribution in [0.1, 0.15) is 48.6 Å². The lowest BCUT2D eigenvalue weighted by molar-refractivity contribution is -0.141. The molecule has 0 aliphatic rings. The first-order chi connectivity index (χ1) is 18.1. The Kier molecular flexibility index (Phi) is 12.6. The summed E-state index contributed by atoms with van der Waals surface area (Å²) >= 11 is 2.31. The van der Waals surface area contributed by atoms with Gasteiger partial charge in [0.2, 0.25) is 11.8 Å². The van der Waals surface area contributed by atoms with Gasteiger partial charge in [0.05, 0.1) is 21.9 Å². The number of carbonyl (C=O) groups excluding carboxylic acids is 3. The average molecular weight is 565 g/mol. The van der Waals surface area contributed by atoms with Crippen molar-refractivity contribution < 1.29 is 34.2 Å². The fourth-order valence-electron chi connectivity index (χ4n) is 3.21. The van der Waals surface area contributed by atoms with Gasteiger partial charge in [-0.3, -0.25) is 34.3 Å². The molecule has 15 heteroatoms. The highest BCUT2D eigenvalue weighted by Gasteiger charge is 2.28. The first-order valence-corrected chi connectivity index (χ1v) is 13.4. The van der Waals surface area contributed by atoms with Crippen LogP contribution in [0.5, 0.6) is 0 Å². The molecule has 0 aromatic carbocycles. The van der Waals surface area contributed by atoms with Gasteiger partial charge in [-0.2, -0.15) is 0 Å². The number of Topliss-reactive ketones (excluding diaryl/α,β-unsaturated/α-hetero) is 1. The number of hydrogen-bond donors (Lipinski definition) is 4. The molecule has 0 aliphatic carbocycles. The number of carboxylic acid groups (broad SMARTS) is 2. The van der Waals surface area contributed by atoms with Crippen LogP contribution < -0.4 is 10.6 Å². The molecule has 0 saturated heterocycles. The maximum absolute atomic E-state index is 13.2. The fourth-order valence-corrected chi connectivity index (χ4v) is 5.71. The molecule has 2 aromatic rings. The van der Waals surface area contributed by atoms with Gasteiger partial charge in [0.15, 0.2) is 0 Å². The van der Waals surface area contributed by atoms with Crippen LogP contribution in [0.2, 0.25) is 0 Å². The van der Waals surface area contributed by atoms with Crippen molar-refractivity contribution in [3.63, 3.8) is 0 Å². The quantitative estimate of drug-likeness (QED) is 0.225. The standard InChI is InChI=1S/C23H28N6O7S2/c1-13(30)28-18(22(33)34)11-37-20(16-9-24-3-5-26-16)7-15(32)8-21(17-10-25-4-6-27-17)38-12-19(23(35)36)29-14(2)31/h3-6,9-10,18-21H,7-8,11-12H2,1-2H3,(H,28,30)(H,29,31)(H,33,34)(H,35,36)/t18-,19-,20?,21?/m0/s1. The van der Waals surface area contributed by atoms with Crippen LogP contribution in [-0.4, -0.2) is 83.3 Å². The highest BCUT2D eigenvalue weighted by molar-refractivity contribution is 7.99. The molecule has 0 spiro atoms. The topological polar surface area (TPSA) is 201 Å². The summed E-state index contributed by atoms with van der Waals surface area (Å²) in [7, 11) is 0. The van der Waals surface area contributed by atoms with Crippen LogP contribution in [-0.2, 0) is 24.0 Å². The van der Waals surface area contributed by atoms with Crippen LogP contribution in [0.25, 0.3) is 0 Å². The van der Waals surface area contributed by atoms with Crippen molar-refractivity contribution in [2.24, 2.45) is 0 Å². The van der Waals surface area contributed by atoms with Crippen molar-refractivity contribution in [1.29, 1.82) is 0 Å². The third-order valence-corrected chi connectivity index (χ3v) is 7.60. The Morgan fingerprint density at radius 3 is 1.42 bits per heavy atom. The third kappa shape index (κ3) is 10.8. The van der Waals surface area contributed by atoms with Crippen molar-refractivity contribution in [3.8, 4) is 0 Å². The Balaban J connectivity index is 2.17. The Labute approximate surface area is 227 Å². The molecule has 4 N–H and O–H groups in total. The van der Waals surface area contributed by atoms with E-state index in [9.17, 15) is 34.2 Å². The molecule has 2 aromatic heterocycles. The summed E-state index contributed by atoms with van der Waals surface area (Å²) in [6, 6.07) is -2.31. The van der Waals surface area contributed by atoms with Crippen LogP contribution in [0.15, 0.2) is 37.2 Å². The van der Waals surface area contributed by atoms with E-state index in [0.717, 1.165) is 23.5 Å². The highest BCUT2D eigenvalue weighted by atomic mass is 32.2. The van der Waals surface area contributed by atoms with Crippen molar-refractivity contribution in [2.45, 2.75) is 49.3 Å². The minimum atomic E-state index is -1.21. The summed E-state index contributed by atoms with van der Waals surface area (Å²) in [5, 5.41) is 22.5. The zero-order chi connectivity index (χ0) is 28.1. The summed E-state index contributed by atoms with van der Waals surface area (Å²) in [6.07, 6.45) is 8.78. The van der Waals surface area contributed by atoms with Crippen LogP contribution in [0.3, 0.4) is 0 Å². The average Bonchev–Trinajstić information content (AvgIpc) is 2.87. The van der Waals surface area contributed by atoms with E-state index >= 15 is 0 Å². The van der Waals surface area contributed by atoms with E-state index in [1.54, 1.807) is 0 Å². The zero-order valence-electron chi connectivity index (χ0n) is 20.6. The summed E-state index contributed by atoms with van der Waals surface area (Å²) in [6.45, 7) is 2.44. The monoisotopic (exact) mass is 564 g/mol. The lowest BCUT2D eigenvalue weighted by Gasteiger charge is -2.21. The minimum absolute atomic E-state index is 0.0111. The number of carbonyl (C=O) groups is 5. The fraction of sp³-hybridized carbons (Fsp3) is 0.435. The van der Waals surface area contributed by atoms with E-state index in [-0.39, 0.29) is 30.1 Å². The molecular weight excluding hydrogens is 536 g/mol. The number of nitrogens with zero attached hydrogens (tertiary/aromatic N) is 4. The minimum Gasteiger partial charge on any atom is -0.480 e. The first kappa shape index (κ1) is 30.6. The summed E-state index contributed by atoms with van der Waals surface area (Å²) < 4.78 is 0. The van der Waals surface area contributed by atoms with Gasteiger partial charge in [0, 0.05) is 75.4 Å². The molecule has 0 fully saturated rings. The van der Waals surface area contributed by atoms with Crippen molar-refractivity contribution in [1.82, 2.24) is 30.6 Å². The largest absolute Gasteiger partial charge is 0.480 e. The van der Waals surface area contributed by atoms with E-state index in [1.165, 1.54) is 51.0 Å². The van der Waals surface area contributed by atoms with Crippen molar-refractivity contribution in [2.75, 3.05) is 11.5 Å². The number of carboxylic acids is 2. The van der Waals surface area contributed by atoms with Gasteiger partial charge in [-0.25, -0.2) is 9.59 Å². The molecule has 2 rings (SSSR count). The van der Waals surface area contributed by atoms with Gasteiger partial charge in [-0.1, -0.05) is 0 Å². The number of amides is 2. The van der Waals surface area contributed by atoms with Crippen molar-refractivity contribution in [3.05, 3.63) is 48.6 Å². The zero-order valence-corrected chi connectivity index (χ0v) is 22.3. The summed E-state index contributed by atoms with van der Waals surface area (Å²) in [5.74, 6) is -3.63. The second-order valence-electron chi connectivity index (χ2n) is 8.03. The van der Waals surface area contributed by atoms with Crippen LogP contribution >= 0.6 is 23.5 Å². The molecule has 13 nitrogen and oxygen atoms in total.